The fraction of sp³-hybridized carbons (Fsp3) is 1.00. The lowest BCUT2D eigenvalue weighted by atomic mass is 9.85. The molecule has 2 unspecified atom stereocenters. The molecule has 0 aromatic rings. The van der Waals surface area contributed by atoms with E-state index in [4.69, 9.17) is 4.74 Å². The zero-order valence-electron chi connectivity index (χ0n) is 14.1. The van der Waals surface area contributed by atoms with Crippen molar-refractivity contribution in [3.05, 3.63) is 0 Å². The van der Waals surface area contributed by atoms with Gasteiger partial charge in [0.05, 0.1) is 0 Å². The van der Waals surface area contributed by atoms with Crippen molar-refractivity contribution in [3.8, 4) is 0 Å². The highest BCUT2D eigenvalue weighted by molar-refractivity contribution is 5.03. The van der Waals surface area contributed by atoms with Crippen LogP contribution < -0.4 is 5.32 Å². The molecule has 2 aliphatic heterocycles. The Morgan fingerprint density at radius 2 is 1.95 bits per heavy atom. The molecule has 21 heavy (non-hydrogen) atoms. The van der Waals surface area contributed by atoms with Crippen molar-refractivity contribution in [1.82, 2.24) is 10.2 Å². The third kappa shape index (κ3) is 3.46. The summed E-state index contributed by atoms with van der Waals surface area (Å²) in [5, 5.41) is 3.90. The van der Waals surface area contributed by atoms with Gasteiger partial charge in [0.15, 0.2) is 0 Å². The van der Waals surface area contributed by atoms with Crippen molar-refractivity contribution in [1.29, 1.82) is 0 Å². The minimum atomic E-state index is 0.488. The summed E-state index contributed by atoms with van der Waals surface area (Å²) in [6.07, 6.45) is 9.52. The molecule has 2 atom stereocenters. The van der Waals surface area contributed by atoms with E-state index < -0.39 is 0 Å². The predicted molar refractivity (Wildman–Crippen MR) is 87.6 cm³/mol. The topological polar surface area (TPSA) is 24.5 Å². The normalized spacial score (nSPS) is 32.6. The number of nitrogens with one attached hydrogen (secondary N) is 1. The zero-order chi connectivity index (χ0) is 14.7. The smallest absolute Gasteiger partial charge is 0.0469 e. The maximum absolute atomic E-state index is 5.55. The van der Waals surface area contributed by atoms with E-state index >= 15 is 0 Å². The van der Waals surface area contributed by atoms with E-state index in [1.807, 2.05) is 0 Å². The fourth-order valence-electron chi connectivity index (χ4n) is 4.63. The molecule has 1 N–H and O–H groups in total. The lowest BCUT2D eigenvalue weighted by Gasteiger charge is -2.51. The molecule has 0 aromatic carbocycles. The standard InChI is InChI=1S/C18H34N2O/c1-3-15(2)17-13-20(12-16-6-10-21-11-7-16)18(14-19-17)8-4-5-9-18/h15-17,19H,3-14H2,1-2H3. The van der Waals surface area contributed by atoms with Crippen LogP contribution in [-0.2, 0) is 4.74 Å². The summed E-state index contributed by atoms with van der Waals surface area (Å²) in [6.45, 7) is 10.5. The van der Waals surface area contributed by atoms with E-state index in [-0.39, 0.29) is 0 Å². The van der Waals surface area contributed by atoms with Crippen molar-refractivity contribution in [2.45, 2.75) is 70.4 Å². The highest BCUT2D eigenvalue weighted by atomic mass is 16.5. The number of ether oxygens (including phenoxy) is 1. The Hall–Kier alpha value is -0.120. The Labute approximate surface area is 130 Å². The van der Waals surface area contributed by atoms with E-state index in [9.17, 15) is 0 Å². The van der Waals surface area contributed by atoms with Gasteiger partial charge in [-0.25, -0.2) is 0 Å². The first kappa shape index (κ1) is 15.8. The molecule has 0 aromatic heterocycles. The largest absolute Gasteiger partial charge is 0.381 e. The van der Waals surface area contributed by atoms with Crippen LogP contribution >= 0.6 is 0 Å². The second kappa shape index (κ2) is 6.97. The molecule has 0 radical (unpaired) electrons. The van der Waals surface area contributed by atoms with Crippen LogP contribution in [-0.4, -0.2) is 49.3 Å². The molecule has 3 nitrogen and oxygen atoms in total. The van der Waals surface area contributed by atoms with E-state index in [0.717, 1.165) is 25.0 Å². The molecule has 3 fully saturated rings. The van der Waals surface area contributed by atoms with E-state index in [1.54, 1.807) is 0 Å². The number of hydrogen-bond acceptors (Lipinski definition) is 3. The Kier molecular flexibility index (Phi) is 5.23. The van der Waals surface area contributed by atoms with Gasteiger partial charge in [-0.2, -0.15) is 0 Å². The lowest BCUT2D eigenvalue weighted by molar-refractivity contribution is -0.00624. The van der Waals surface area contributed by atoms with Gasteiger partial charge in [0.1, 0.15) is 0 Å². The molecule has 1 aliphatic carbocycles. The monoisotopic (exact) mass is 294 g/mol. The molecule has 3 heteroatoms. The summed E-state index contributed by atoms with van der Waals surface area (Å²) in [5.74, 6) is 1.66. The van der Waals surface area contributed by atoms with Crippen LogP contribution in [0.25, 0.3) is 0 Å². The highest BCUT2D eigenvalue weighted by Crippen LogP contribution is 2.38. The summed E-state index contributed by atoms with van der Waals surface area (Å²) >= 11 is 0. The molecule has 3 aliphatic rings. The first-order chi connectivity index (χ1) is 10.2. The van der Waals surface area contributed by atoms with Crippen molar-refractivity contribution >= 4 is 0 Å². The van der Waals surface area contributed by atoms with Gasteiger partial charge in [-0.05, 0) is 37.5 Å². The van der Waals surface area contributed by atoms with Crippen LogP contribution in [0.15, 0.2) is 0 Å². The van der Waals surface area contributed by atoms with Gasteiger partial charge in [0.2, 0.25) is 0 Å². The Bertz CT molecular complexity index is 319. The van der Waals surface area contributed by atoms with Crippen LogP contribution in [0.4, 0.5) is 0 Å². The second-order valence-corrected chi connectivity index (χ2v) is 7.77. The predicted octanol–water partition coefficient (Wildman–Crippen LogP) is 3.05. The average Bonchev–Trinajstić information content (AvgIpc) is 2.99. The Morgan fingerprint density at radius 1 is 1.24 bits per heavy atom. The van der Waals surface area contributed by atoms with Crippen LogP contribution in [0.2, 0.25) is 0 Å². The van der Waals surface area contributed by atoms with Crippen LogP contribution in [0.1, 0.15) is 58.8 Å². The molecule has 1 saturated carbocycles. The summed E-state index contributed by atoms with van der Waals surface area (Å²) < 4.78 is 5.55. The molecule has 3 rings (SSSR count). The van der Waals surface area contributed by atoms with Gasteiger partial charge in [0, 0.05) is 44.4 Å². The van der Waals surface area contributed by atoms with Gasteiger partial charge in [-0.3, -0.25) is 4.90 Å². The third-order valence-electron chi connectivity index (χ3n) is 6.47. The van der Waals surface area contributed by atoms with Crippen LogP contribution in [0, 0.1) is 11.8 Å². The molecule has 2 saturated heterocycles. The van der Waals surface area contributed by atoms with Gasteiger partial charge < -0.3 is 10.1 Å². The first-order valence-electron chi connectivity index (χ1n) is 9.30. The zero-order valence-corrected chi connectivity index (χ0v) is 14.1. The summed E-state index contributed by atoms with van der Waals surface area (Å²) in [6, 6.07) is 0.695. The molecule has 122 valence electrons. The van der Waals surface area contributed by atoms with Crippen molar-refractivity contribution in [3.63, 3.8) is 0 Å². The Balaban J connectivity index is 1.67. The van der Waals surface area contributed by atoms with E-state index in [2.05, 4.69) is 24.1 Å². The van der Waals surface area contributed by atoms with Gasteiger partial charge in [0.25, 0.3) is 0 Å². The highest BCUT2D eigenvalue weighted by Gasteiger charge is 2.44. The van der Waals surface area contributed by atoms with Crippen molar-refractivity contribution < 1.29 is 4.74 Å². The molecule has 0 amide bonds. The van der Waals surface area contributed by atoms with Crippen molar-refractivity contribution in [2.24, 2.45) is 11.8 Å². The van der Waals surface area contributed by atoms with Crippen LogP contribution in [0.5, 0.6) is 0 Å². The molecule has 2 heterocycles. The quantitative estimate of drug-likeness (QED) is 0.862. The maximum Gasteiger partial charge on any atom is 0.0469 e. The third-order valence-corrected chi connectivity index (χ3v) is 6.47. The second-order valence-electron chi connectivity index (χ2n) is 7.77. The van der Waals surface area contributed by atoms with Gasteiger partial charge in [-0.1, -0.05) is 33.1 Å². The van der Waals surface area contributed by atoms with Gasteiger partial charge >= 0.3 is 0 Å². The molecule has 1 spiro atoms. The number of rotatable bonds is 4. The van der Waals surface area contributed by atoms with Gasteiger partial charge in [-0.15, -0.1) is 0 Å². The van der Waals surface area contributed by atoms with Crippen molar-refractivity contribution in [2.75, 3.05) is 32.8 Å². The van der Waals surface area contributed by atoms with Crippen LogP contribution in [0.3, 0.4) is 0 Å². The average molecular weight is 294 g/mol. The minimum absolute atomic E-state index is 0.488. The maximum atomic E-state index is 5.55. The fourth-order valence-corrected chi connectivity index (χ4v) is 4.63. The molecular formula is C18H34N2O. The first-order valence-corrected chi connectivity index (χ1v) is 9.30. The summed E-state index contributed by atoms with van der Waals surface area (Å²) in [5.41, 5.74) is 0.488. The number of nitrogens with zero attached hydrogens (tertiary/aromatic N) is 1. The molecular weight excluding hydrogens is 260 g/mol. The Morgan fingerprint density at radius 3 is 2.62 bits per heavy atom. The summed E-state index contributed by atoms with van der Waals surface area (Å²) in [7, 11) is 0. The number of piperazine rings is 1. The van der Waals surface area contributed by atoms with E-state index in [0.29, 0.717) is 11.6 Å². The lowest BCUT2D eigenvalue weighted by Crippen LogP contribution is -2.65. The summed E-state index contributed by atoms with van der Waals surface area (Å²) in [4.78, 5) is 2.91. The van der Waals surface area contributed by atoms with E-state index in [1.165, 1.54) is 64.6 Å². The SMILES string of the molecule is CCC(C)C1CN(CC2CCOCC2)C2(CCCC2)CN1. The number of hydrogen-bond donors (Lipinski definition) is 1. The minimum Gasteiger partial charge on any atom is -0.381 e. The molecule has 0 bridgehead atoms.